The van der Waals surface area contributed by atoms with Crippen molar-refractivity contribution in [2.75, 3.05) is 18.4 Å². The fourth-order valence-corrected chi connectivity index (χ4v) is 4.54. The van der Waals surface area contributed by atoms with Crippen LogP contribution >= 0.6 is 0 Å². The predicted octanol–water partition coefficient (Wildman–Crippen LogP) is 1.62. The van der Waals surface area contributed by atoms with Gasteiger partial charge in [0.15, 0.2) is 0 Å². The highest BCUT2D eigenvalue weighted by Crippen LogP contribution is 2.22. The summed E-state index contributed by atoms with van der Waals surface area (Å²) in [7, 11) is -3.61. The minimum Gasteiger partial charge on any atom is -0.349 e. The van der Waals surface area contributed by atoms with Gasteiger partial charge in [-0.1, -0.05) is 0 Å². The fraction of sp³-hybridized carbons (Fsp3) is 0.316. The van der Waals surface area contributed by atoms with E-state index in [1.54, 1.807) is 30.5 Å². The van der Waals surface area contributed by atoms with Gasteiger partial charge in [-0.3, -0.25) is 14.6 Å². The van der Waals surface area contributed by atoms with Crippen LogP contribution in [0.25, 0.3) is 0 Å². The molecule has 9 heteroatoms. The zero-order chi connectivity index (χ0) is 20.1. The van der Waals surface area contributed by atoms with Gasteiger partial charge < -0.3 is 10.6 Å². The molecule has 1 aliphatic heterocycles. The molecule has 2 amide bonds. The van der Waals surface area contributed by atoms with Gasteiger partial charge in [0.1, 0.15) is 0 Å². The van der Waals surface area contributed by atoms with Crippen LogP contribution in [-0.4, -0.2) is 48.7 Å². The second-order valence-corrected chi connectivity index (χ2v) is 8.54. The average molecular weight is 402 g/mol. The van der Waals surface area contributed by atoms with E-state index in [0.29, 0.717) is 37.2 Å². The highest BCUT2D eigenvalue weighted by Gasteiger charge is 2.30. The van der Waals surface area contributed by atoms with E-state index in [9.17, 15) is 18.0 Å². The maximum atomic E-state index is 12.8. The van der Waals surface area contributed by atoms with E-state index in [1.807, 2.05) is 0 Å². The molecule has 2 heterocycles. The van der Waals surface area contributed by atoms with E-state index < -0.39 is 10.0 Å². The summed E-state index contributed by atoms with van der Waals surface area (Å²) in [4.78, 5) is 27.4. The Balaban J connectivity index is 1.59. The first kappa shape index (κ1) is 20.0. The molecule has 0 atom stereocenters. The summed E-state index contributed by atoms with van der Waals surface area (Å²) in [5.74, 6) is -0.422. The summed E-state index contributed by atoms with van der Waals surface area (Å²) < 4.78 is 27.1. The maximum Gasteiger partial charge on any atom is 0.253 e. The van der Waals surface area contributed by atoms with Crippen molar-refractivity contribution in [2.24, 2.45) is 0 Å². The Morgan fingerprint density at radius 1 is 1.11 bits per heavy atom. The third kappa shape index (κ3) is 4.73. The van der Waals surface area contributed by atoms with Crippen LogP contribution in [0, 0.1) is 0 Å². The monoisotopic (exact) mass is 402 g/mol. The van der Waals surface area contributed by atoms with E-state index >= 15 is 0 Å². The lowest BCUT2D eigenvalue weighted by molar-refractivity contribution is -0.114. The van der Waals surface area contributed by atoms with Crippen molar-refractivity contribution in [3.8, 4) is 0 Å². The molecule has 0 spiro atoms. The number of rotatable bonds is 5. The Morgan fingerprint density at radius 2 is 1.79 bits per heavy atom. The van der Waals surface area contributed by atoms with E-state index in [-0.39, 0.29) is 22.8 Å². The van der Waals surface area contributed by atoms with Gasteiger partial charge in [-0.15, -0.1) is 0 Å². The topological polar surface area (TPSA) is 108 Å². The van der Waals surface area contributed by atoms with Gasteiger partial charge in [-0.25, -0.2) is 8.42 Å². The molecule has 3 rings (SSSR count). The van der Waals surface area contributed by atoms with Crippen molar-refractivity contribution in [1.82, 2.24) is 14.6 Å². The van der Waals surface area contributed by atoms with E-state index in [2.05, 4.69) is 15.6 Å². The van der Waals surface area contributed by atoms with E-state index in [4.69, 9.17) is 0 Å². The van der Waals surface area contributed by atoms with Gasteiger partial charge in [0.2, 0.25) is 15.9 Å². The quantitative estimate of drug-likeness (QED) is 0.790. The van der Waals surface area contributed by atoms with Crippen LogP contribution in [0.1, 0.15) is 30.1 Å². The molecule has 8 nitrogen and oxygen atoms in total. The van der Waals surface area contributed by atoms with Crippen LogP contribution in [0.15, 0.2) is 53.7 Å². The summed E-state index contributed by atoms with van der Waals surface area (Å²) in [6, 6.07) is 9.40. The SMILES string of the molecule is CC(=O)Nc1ccc(S(=O)(=O)N2CCC(NC(=O)c3cccnc3)CC2)cc1. The summed E-state index contributed by atoms with van der Waals surface area (Å²) in [5.41, 5.74) is 1.03. The van der Waals surface area contributed by atoms with Gasteiger partial charge >= 0.3 is 0 Å². The van der Waals surface area contributed by atoms with Crippen molar-refractivity contribution in [2.45, 2.75) is 30.7 Å². The van der Waals surface area contributed by atoms with Gasteiger partial charge in [-0.05, 0) is 49.2 Å². The summed E-state index contributed by atoms with van der Waals surface area (Å²) in [5, 5.41) is 5.54. The molecule has 0 saturated carbocycles. The molecular formula is C19H22N4O4S. The number of piperidine rings is 1. The summed E-state index contributed by atoms with van der Waals surface area (Å²) in [6.07, 6.45) is 4.17. The highest BCUT2D eigenvalue weighted by atomic mass is 32.2. The predicted molar refractivity (Wildman–Crippen MR) is 104 cm³/mol. The smallest absolute Gasteiger partial charge is 0.253 e. The first-order valence-corrected chi connectivity index (χ1v) is 10.4. The third-order valence-corrected chi connectivity index (χ3v) is 6.44. The maximum absolute atomic E-state index is 12.8. The Bertz CT molecular complexity index is 938. The number of carbonyl (C=O) groups excluding carboxylic acids is 2. The molecule has 148 valence electrons. The zero-order valence-electron chi connectivity index (χ0n) is 15.5. The number of nitrogens with one attached hydrogen (secondary N) is 2. The zero-order valence-corrected chi connectivity index (χ0v) is 16.3. The van der Waals surface area contributed by atoms with Crippen LogP contribution in [0.3, 0.4) is 0 Å². The van der Waals surface area contributed by atoms with Crippen LogP contribution in [0.5, 0.6) is 0 Å². The molecular weight excluding hydrogens is 380 g/mol. The van der Waals surface area contributed by atoms with Crippen LogP contribution in [-0.2, 0) is 14.8 Å². The van der Waals surface area contributed by atoms with Crippen molar-refractivity contribution < 1.29 is 18.0 Å². The highest BCUT2D eigenvalue weighted by molar-refractivity contribution is 7.89. The number of hydrogen-bond donors (Lipinski definition) is 2. The number of benzene rings is 1. The number of nitrogens with zero attached hydrogens (tertiary/aromatic N) is 2. The Labute approximate surface area is 164 Å². The normalized spacial score (nSPS) is 15.8. The molecule has 1 aromatic heterocycles. The second-order valence-electron chi connectivity index (χ2n) is 6.60. The van der Waals surface area contributed by atoms with Crippen molar-refractivity contribution in [3.63, 3.8) is 0 Å². The third-order valence-electron chi connectivity index (χ3n) is 4.53. The lowest BCUT2D eigenvalue weighted by atomic mass is 10.1. The number of carbonyl (C=O) groups is 2. The molecule has 1 aromatic carbocycles. The largest absolute Gasteiger partial charge is 0.349 e. The number of hydrogen-bond acceptors (Lipinski definition) is 5. The van der Waals surface area contributed by atoms with Gasteiger partial charge in [0.25, 0.3) is 5.91 Å². The van der Waals surface area contributed by atoms with E-state index in [0.717, 1.165) is 0 Å². The lowest BCUT2D eigenvalue weighted by Crippen LogP contribution is -2.46. The van der Waals surface area contributed by atoms with E-state index in [1.165, 1.54) is 29.6 Å². The molecule has 0 bridgehead atoms. The first-order chi connectivity index (χ1) is 13.4. The van der Waals surface area contributed by atoms with Gasteiger partial charge in [0.05, 0.1) is 10.5 Å². The Morgan fingerprint density at radius 3 is 2.36 bits per heavy atom. The molecule has 1 fully saturated rings. The molecule has 2 N–H and O–H groups in total. The minimum absolute atomic E-state index is 0.0821. The molecule has 0 aliphatic carbocycles. The van der Waals surface area contributed by atoms with Crippen molar-refractivity contribution >= 4 is 27.5 Å². The number of amides is 2. The Kier molecular flexibility index (Phi) is 6.05. The first-order valence-electron chi connectivity index (χ1n) is 8.95. The van der Waals surface area contributed by atoms with Crippen molar-refractivity contribution in [1.29, 1.82) is 0 Å². The average Bonchev–Trinajstić information content (AvgIpc) is 2.69. The molecule has 2 aromatic rings. The van der Waals surface area contributed by atoms with Crippen LogP contribution < -0.4 is 10.6 Å². The summed E-state index contributed by atoms with van der Waals surface area (Å²) >= 11 is 0. The second kappa shape index (κ2) is 8.49. The number of pyridine rings is 1. The molecule has 0 radical (unpaired) electrons. The number of sulfonamides is 1. The van der Waals surface area contributed by atoms with Gasteiger partial charge in [-0.2, -0.15) is 4.31 Å². The van der Waals surface area contributed by atoms with Gasteiger partial charge in [0, 0.05) is 44.1 Å². The molecule has 28 heavy (non-hydrogen) atoms. The minimum atomic E-state index is -3.61. The number of aromatic nitrogens is 1. The lowest BCUT2D eigenvalue weighted by Gasteiger charge is -2.31. The molecule has 1 aliphatic rings. The molecule has 0 unspecified atom stereocenters. The summed E-state index contributed by atoms with van der Waals surface area (Å²) in [6.45, 7) is 2.05. The number of anilines is 1. The Hall–Kier alpha value is -2.78. The van der Waals surface area contributed by atoms with Crippen molar-refractivity contribution in [3.05, 3.63) is 54.4 Å². The van der Waals surface area contributed by atoms with Crippen LogP contribution in [0.4, 0.5) is 5.69 Å². The fourth-order valence-electron chi connectivity index (χ4n) is 3.07. The molecule has 1 saturated heterocycles. The van der Waals surface area contributed by atoms with Crippen LogP contribution in [0.2, 0.25) is 0 Å². The standard InChI is InChI=1S/C19H22N4O4S/c1-14(24)21-16-4-6-18(7-5-16)28(26,27)23-11-8-17(9-12-23)22-19(25)15-3-2-10-20-13-15/h2-7,10,13,17H,8-9,11-12H2,1H3,(H,21,24)(H,22,25).